The van der Waals surface area contributed by atoms with E-state index < -0.39 is 17.9 Å². The lowest BCUT2D eigenvalue weighted by atomic mass is 9.79. The first-order chi connectivity index (χ1) is 16.1. The summed E-state index contributed by atoms with van der Waals surface area (Å²) in [7, 11) is 0. The van der Waals surface area contributed by atoms with Crippen LogP contribution in [0.4, 0.5) is 25.5 Å². The normalized spacial score (nSPS) is 16.2. The van der Waals surface area contributed by atoms with Gasteiger partial charge in [-0.1, -0.05) is 45.0 Å². The van der Waals surface area contributed by atoms with Gasteiger partial charge in [-0.05, 0) is 41.7 Å². The van der Waals surface area contributed by atoms with Crippen LogP contribution in [-0.2, 0) is 0 Å². The average molecular weight is 464 g/mol. The van der Waals surface area contributed by atoms with Crippen LogP contribution in [0.15, 0.2) is 54.7 Å². The van der Waals surface area contributed by atoms with Gasteiger partial charge in [-0.3, -0.25) is 10.3 Å². The van der Waals surface area contributed by atoms with Crippen molar-refractivity contribution in [3.8, 4) is 0 Å². The fourth-order valence-corrected chi connectivity index (χ4v) is 4.13. The number of carbonyl (C=O) groups excluding carboxylic acids is 1. The number of amides is 3. The van der Waals surface area contributed by atoms with Crippen molar-refractivity contribution >= 4 is 40.1 Å². The van der Waals surface area contributed by atoms with Crippen molar-refractivity contribution in [2.24, 2.45) is 5.41 Å². The molecule has 0 spiro atoms. The Balaban J connectivity index is 1.52. The van der Waals surface area contributed by atoms with Crippen LogP contribution in [-0.4, -0.2) is 44.7 Å². The van der Waals surface area contributed by atoms with Crippen molar-refractivity contribution in [2.75, 3.05) is 17.2 Å². The van der Waals surface area contributed by atoms with Crippen LogP contribution >= 0.6 is 0 Å². The van der Waals surface area contributed by atoms with Crippen LogP contribution in [0.2, 0.25) is 0 Å². The number of carbonyl (C=O) groups is 2. The average Bonchev–Trinajstić information content (AvgIpc) is 2.79. The molecule has 0 fully saturated rings. The van der Waals surface area contributed by atoms with Gasteiger partial charge in [-0.2, -0.15) is 0 Å². The Morgan fingerprint density at radius 2 is 1.88 bits per heavy atom. The molecule has 0 bridgehead atoms. The summed E-state index contributed by atoms with van der Waals surface area (Å²) in [5.41, 5.74) is 1.95. The Kier molecular flexibility index (Phi) is 6.19. The molecule has 176 valence electrons. The Labute approximate surface area is 196 Å². The number of nitrogens with zero attached hydrogens (tertiary/aromatic N) is 3. The Morgan fingerprint density at radius 3 is 2.62 bits per heavy atom. The molecule has 34 heavy (non-hydrogen) atoms. The summed E-state index contributed by atoms with van der Waals surface area (Å²) in [5.74, 6) is -0.125. The van der Waals surface area contributed by atoms with Gasteiger partial charge in [0, 0.05) is 24.2 Å². The van der Waals surface area contributed by atoms with E-state index in [9.17, 15) is 19.1 Å². The van der Waals surface area contributed by atoms with Crippen molar-refractivity contribution in [3.05, 3.63) is 66.2 Å². The summed E-state index contributed by atoms with van der Waals surface area (Å²) >= 11 is 0. The van der Waals surface area contributed by atoms with Crippen molar-refractivity contribution in [1.82, 2.24) is 14.9 Å². The fourth-order valence-electron chi connectivity index (χ4n) is 4.13. The highest BCUT2D eigenvalue weighted by Gasteiger charge is 2.36. The number of hydrogen-bond donors (Lipinski definition) is 3. The first kappa shape index (κ1) is 23.2. The van der Waals surface area contributed by atoms with Crippen LogP contribution < -0.4 is 10.6 Å². The number of hydrogen-bond acceptors (Lipinski definition) is 4. The van der Waals surface area contributed by atoms with Gasteiger partial charge in [-0.15, -0.1) is 0 Å². The third kappa shape index (κ3) is 4.83. The molecule has 3 aromatic rings. The second kappa shape index (κ2) is 9.09. The maximum Gasteiger partial charge on any atom is 0.407 e. The number of benzene rings is 1. The minimum atomic E-state index is -0.946. The molecule has 3 N–H and O–H groups in total. The highest BCUT2D eigenvalue weighted by Crippen LogP contribution is 2.35. The Morgan fingerprint density at radius 1 is 1.12 bits per heavy atom. The van der Waals surface area contributed by atoms with E-state index in [0.717, 1.165) is 5.57 Å². The van der Waals surface area contributed by atoms with E-state index in [1.54, 1.807) is 30.3 Å². The molecular weight excluding hydrogens is 437 g/mol. The molecule has 1 atom stereocenters. The highest BCUT2D eigenvalue weighted by atomic mass is 19.1. The molecule has 0 saturated carbocycles. The van der Waals surface area contributed by atoms with Gasteiger partial charge in [-0.25, -0.2) is 19.0 Å². The summed E-state index contributed by atoms with van der Waals surface area (Å²) in [6.45, 7) is 6.32. The van der Waals surface area contributed by atoms with E-state index in [1.807, 2.05) is 32.9 Å². The molecule has 9 heteroatoms. The maximum absolute atomic E-state index is 14.0. The molecule has 0 radical (unpaired) electrons. The summed E-state index contributed by atoms with van der Waals surface area (Å²) in [5, 5.41) is 15.5. The smallest absolute Gasteiger partial charge is 0.407 e. The van der Waals surface area contributed by atoms with Crippen molar-refractivity contribution in [2.45, 2.75) is 33.2 Å². The Bertz CT molecular complexity index is 1290. The predicted octanol–water partition coefficient (Wildman–Crippen LogP) is 5.59. The molecule has 0 aliphatic carbocycles. The standard InChI is InChI=1S/C25H26FN5O3/c1-25(2,3)20-14-15(11-13-31(20)24(33)34)18-8-5-9-21(28-18)30-23(32)29-19-10-12-27-22-16(19)6-4-7-17(22)26/h4-12,20H,13-14H2,1-3H3,(H,33,34)(H2,27,28,29,30,32). The molecule has 2 aromatic heterocycles. The largest absolute Gasteiger partial charge is 0.465 e. The zero-order valence-electron chi connectivity index (χ0n) is 19.2. The van der Waals surface area contributed by atoms with Gasteiger partial charge in [0.15, 0.2) is 0 Å². The van der Waals surface area contributed by atoms with E-state index in [4.69, 9.17) is 0 Å². The lowest BCUT2D eigenvalue weighted by Crippen LogP contribution is -2.48. The third-order valence-corrected chi connectivity index (χ3v) is 5.86. The molecule has 4 rings (SSSR count). The van der Waals surface area contributed by atoms with E-state index >= 15 is 0 Å². The van der Waals surface area contributed by atoms with Crippen LogP contribution in [0, 0.1) is 11.2 Å². The van der Waals surface area contributed by atoms with Crippen molar-refractivity contribution in [1.29, 1.82) is 0 Å². The molecule has 1 unspecified atom stereocenters. The number of carboxylic acid groups (broad SMARTS) is 1. The molecule has 0 saturated heterocycles. The molecule has 3 heterocycles. The number of halogens is 1. The fraction of sp³-hybridized carbons (Fsp3) is 0.280. The first-order valence-electron chi connectivity index (χ1n) is 10.9. The zero-order chi connectivity index (χ0) is 24.5. The number of pyridine rings is 2. The molecule has 1 aliphatic heterocycles. The van der Waals surface area contributed by atoms with Gasteiger partial charge in [0.1, 0.15) is 17.2 Å². The van der Waals surface area contributed by atoms with Crippen molar-refractivity contribution < 1.29 is 19.1 Å². The second-order valence-electron chi connectivity index (χ2n) is 9.23. The second-order valence-corrected chi connectivity index (χ2v) is 9.23. The molecule has 1 aromatic carbocycles. The first-order valence-corrected chi connectivity index (χ1v) is 10.9. The van der Waals surface area contributed by atoms with Crippen LogP contribution in [0.3, 0.4) is 0 Å². The Hall–Kier alpha value is -4.01. The maximum atomic E-state index is 14.0. The topological polar surface area (TPSA) is 107 Å². The van der Waals surface area contributed by atoms with Crippen LogP contribution in [0.1, 0.15) is 32.9 Å². The van der Waals surface area contributed by atoms with Gasteiger partial charge in [0.25, 0.3) is 0 Å². The van der Waals surface area contributed by atoms with Crippen LogP contribution in [0.25, 0.3) is 16.5 Å². The number of fused-ring (bicyclic) bond motifs is 1. The molecular formula is C25H26FN5O3. The summed E-state index contributed by atoms with van der Waals surface area (Å²) < 4.78 is 14.0. The van der Waals surface area contributed by atoms with E-state index in [2.05, 4.69) is 20.6 Å². The van der Waals surface area contributed by atoms with E-state index in [0.29, 0.717) is 29.0 Å². The number of nitrogens with one attached hydrogen (secondary N) is 2. The summed E-state index contributed by atoms with van der Waals surface area (Å²) in [4.78, 5) is 34.4. The quantitative estimate of drug-likeness (QED) is 0.469. The van der Waals surface area contributed by atoms with E-state index in [-0.39, 0.29) is 23.5 Å². The number of para-hydroxylation sites is 1. The highest BCUT2D eigenvalue weighted by molar-refractivity contribution is 6.05. The summed E-state index contributed by atoms with van der Waals surface area (Å²) in [6, 6.07) is 10.7. The SMILES string of the molecule is CC(C)(C)C1CC(c2cccc(NC(=O)Nc3ccnc4c(F)cccc34)n2)=CCN1C(=O)O. The van der Waals surface area contributed by atoms with Gasteiger partial charge < -0.3 is 15.3 Å². The zero-order valence-corrected chi connectivity index (χ0v) is 19.2. The van der Waals surface area contributed by atoms with E-state index in [1.165, 1.54) is 17.2 Å². The van der Waals surface area contributed by atoms with Gasteiger partial charge in [0.05, 0.1) is 11.4 Å². The predicted molar refractivity (Wildman–Crippen MR) is 129 cm³/mol. The monoisotopic (exact) mass is 463 g/mol. The third-order valence-electron chi connectivity index (χ3n) is 5.86. The number of anilines is 2. The number of urea groups is 1. The minimum Gasteiger partial charge on any atom is -0.465 e. The van der Waals surface area contributed by atoms with Crippen LogP contribution in [0.5, 0.6) is 0 Å². The van der Waals surface area contributed by atoms with Gasteiger partial charge in [0.2, 0.25) is 0 Å². The number of aromatic nitrogens is 2. The molecule has 3 amide bonds. The van der Waals surface area contributed by atoms with Crippen molar-refractivity contribution in [3.63, 3.8) is 0 Å². The lowest BCUT2D eigenvalue weighted by Gasteiger charge is -2.41. The minimum absolute atomic E-state index is 0.175. The number of rotatable bonds is 3. The van der Waals surface area contributed by atoms with Gasteiger partial charge >= 0.3 is 12.1 Å². The molecule has 1 aliphatic rings. The lowest BCUT2D eigenvalue weighted by molar-refractivity contribution is 0.0883. The molecule has 8 nitrogen and oxygen atoms in total. The summed E-state index contributed by atoms with van der Waals surface area (Å²) in [6.07, 6.45) is 2.87.